The Morgan fingerprint density at radius 1 is 1.05 bits per heavy atom. The van der Waals surface area contributed by atoms with E-state index in [9.17, 15) is 0 Å². The van der Waals surface area contributed by atoms with Gasteiger partial charge in [-0.05, 0) is 31.9 Å². The zero-order valence-electron chi connectivity index (χ0n) is 11.8. The lowest BCUT2D eigenvalue weighted by molar-refractivity contribution is 0.442. The Morgan fingerprint density at radius 2 is 1.79 bits per heavy atom. The molecule has 0 aromatic heterocycles. The van der Waals surface area contributed by atoms with E-state index in [2.05, 4.69) is 66.2 Å². The summed E-state index contributed by atoms with van der Waals surface area (Å²) in [6.07, 6.45) is 9.28. The average molecular weight is 254 g/mol. The van der Waals surface area contributed by atoms with E-state index in [0.29, 0.717) is 5.92 Å². The van der Waals surface area contributed by atoms with Crippen molar-refractivity contribution in [3.8, 4) is 0 Å². The second-order valence-corrected chi connectivity index (χ2v) is 4.68. The van der Waals surface area contributed by atoms with Gasteiger partial charge < -0.3 is 4.90 Å². The summed E-state index contributed by atoms with van der Waals surface area (Å²) in [4.78, 5) is 6.98. The molecule has 0 N–H and O–H groups in total. The Bertz CT molecular complexity index is 467. The van der Waals surface area contributed by atoms with Crippen molar-refractivity contribution >= 4 is 5.84 Å². The number of hydrogen-bond acceptors (Lipinski definition) is 2. The van der Waals surface area contributed by atoms with Crippen molar-refractivity contribution in [2.24, 2.45) is 10.9 Å². The predicted octanol–water partition coefficient (Wildman–Crippen LogP) is 3.67. The Balaban J connectivity index is 2.20. The largest absolute Gasteiger partial charge is 0.360 e. The van der Waals surface area contributed by atoms with Crippen LogP contribution < -0.4 is 0 Å². The van der Waals surface area contributed by atoms with Gasteiger partial charge in [-0.25, -0.2) is 4.99 Å². The molecule has 0 fully saturated rings. The third-order valence-corrected chi connectivity index (χ3v) is 3.46. The number of rotatable bonds is 4. The first kappa shape index (κ1) is 13.6. The van der Waals surface area contributed by atoms with E-state index < -0.39 is 0 Å². The molecule has 0 radical (unpaired) electrons. The maximum absolute atomic E-state index is 4.64. The van der Waals surface area contributed by atoms with Gasteiger partial charge in [-0.3, -0.25) is 0 Å². The van der Waals surface area contributed by atoms with Crippen molar-refractivity contribution in [3.63, 3.8) is 0 Å². The van der Waals surface area contributed by atoms with Gasteiger partial charge in [-0.1, -0.05) is 42.5 Å². The van der Waals surface area contributed by atoms with Crippen LogP contribution in [-0.4, -0.2) is 23.8 Å². The van der Waals surface area contributed by atoms with Gasteiger partial charge in [0.25, 0.3) is 0 Å². The molecule has 0 amide bonds. The van der Waals surface area contributed by atoms with Crippen molar-refractivity contribution in [2.45, 2.75) is 20.3 Å². The second kappa shape index (κ2) is 6.93. The monoisotopic (exact) mass is 254 g/mol. The molecule has 19 heavy (non-hydrogen) atoms. The van der Waals surface area contributed by atoms with E-state index in [1.54, 1.807) is 0 Å². The zero-order chi connectivity index (χ0) is 13.5. The van der Waals surface area contributed by atoms with Crippen molar-refractivity contribution in [1.29, 1.82) is 0 Å². The molecule has 0 saturated carbocycles. The molecule has 0 spiro atoms. The fourth-order valence-electron chi connectivity index (χ4n) is 2.44. The first-order chi connectivity index (χ1) is 9.35. The SMILES string of the molecule is CCN(CC)C1=NC=CC=CC1Cc1ccccc1. The van der Waals surface area contributed by atoms with Crippen molar-refractivity contribution in [2.75, 3.05) is 13.1 Å². The first-order valence-corrected chi connectivity index (χ1v) is 7.05. The van der Waals surface area contributed by atoms with Gasteiger partial charge in [0.1, 0.15) is 5.84 Å². The minimum Gasteiger partial charge on any atom is -0.360 e. The normalized spacial score (nSPS) is 18.0. The van der Waals surface area contributed by atoms with Crippen LogP contribution in [0.5, 0.6) is 0 Å². The van der Waals surface area contributed by atoms with Crippen LogP contribution in [0.1, 0.15) is 19.4 Å². The summed E-state index contributed by atoms with van der Waals surface area (Å²) in [7, 11) is 0. The van der Waals surface area contributed by atoms with E-state index in [-0.39, 0.29) is 0 Å². The Kier molecular flexibility index (Phi) is 4.96. The molecule has 0 bridgehead atoms. The smallest absolute Gasteiger partial charge is 0.111 e. The minimum atomic E-state index is 0.359. The van der Waals surface area contributed by atoms with Crippen LogP contribution in [0.4, 0.5) is 0 Å². The highest BCUT2D eigenvalue weighted by Gasteiger charge is 2.18. The summed E-state index contributed by atoms with van der Waals surface area (Å²) in [5, 5.41) is 0. The Labute approximate surface area is 116 Å². The molecule has 100 valence electrons. The lowest BCUT2D eigenvalue weighted by Crippen LogP contribution is -2.36. The number of nitrogens with zero attached hydrogens (tertiary/aromatic N) is 2. The summed E-state index contributed by atoms with van der Waals surface area (Å²) in [5.41, 5.74) is 1.36. The van der Waals surface area contributed by atoms with Gasteiger partial charge >= 0.3 is 0 Å². The molecular weight excluding hydrogens is 232 g/mol. The van der Waals surface area contributed by atoms with Gasteiger partial charge in [0.2, 0.25) is 0 Å². The quantitative estimate of drug-likeness (QED) is 0.800. The molecule has 0 saturated heterocycles. The molecule has 1 aromatic rings. The predicted molar refractivity (Wildman–Crippen MR) is 82.3 cm³/mol. The van der Waals surface area contributed by atoms with Gasteiger partial charge in [0.05, 0.1) is 0 Å². The van der Waals surface area contributed by atoms with Crippen molar-refractivity contribution < 1.29 is 0 Å². The molecule has 0 aliphatic carbocycles. The van der Waals surface area contributed by atoms with E-state index in [1.165, 1.54) is 11.4 Å². The van der Waals surface area contributed by atoms with Crippen LogP contribution >= 0.6 is 0 Å². The maximum Gasteiger partial charge on any atom is 0.111 e. The lowest BCUT2D eigenvalue weighted by Gasteiger charge is -2.27. The molecule has 1 unspecified atom stereocenters. The fourth-order valence-corrected chi connectivity index (χ4v) is 2.44. The van der Waals surface area contributed by atoms with E-state index in [1.807, 2.05) is 12.3 Å². The number of amidine groups is 1. The number of hydrogen-bond donors (Lipinski definition) is 0. The lowest BCUT2D eigenvalue weighted by atomic mass is 9.97. The topological polar surface area (TPSA) is 15.6 Å². The zero-order valence-corrected chi connectivity index (χ0v) is 11.8. The molecule has 1 heterocycles. The average Bonchev–Trinajstić information content (AvgIpc) is 2.68. The van der Waals surface area contributed by atoms with Gasteiger partial charge in [0, 0.05) is 25.2 Å². The van der Waals surface area contributed by atoms with Gasteiger partial charge in [-0.2, -0.15) is 0 Å². The molecule has 2 nitrogen and oxygen atoms in total. The first-order valence-electron chi connectivity index (χ1n) is 7.05. The summed E-state index contributed by atoms with van der Waals surface area (Å²) < 4.78 is 0. The highest BCUT2D eigenvalue weighted by atomic mass is 15.2. The second-order valence-electron chi connectivity index (χ2n) is 4.68. The van der Waals surface area contributed by atoms with Crippen molar-refractivity contribution in [3.05, 3.63) is 60.3 Å². The molecular formula is C17H22N2. The molecule has 1 aliphatic rings. The molecule has 2 rings (SSSR count). The summed E-state index contributed by atoms with van der Waals surface area (Å²) >= 11 is 0. The van der Waals surface area contributed by atoms with E-state index in [0.717, 1.165) is 19.5 Å². The highest BCUT2D eigenvalue weighted by molar-refractivity contribution is 5.87. The number of benzene rings is 1. The van der Waals surface area contributed by atoms with Crippen LogP contribution in [0, 0.1) is 5.92 Å². The fraction of sp³-hybridized carbons (Fsp3) is 0.353. The van der Waals surface area contributed by atoms with Crippen LogP contribution in [0.3, 0.4) is 0 Å². The van der Waals surface area contributed by atoms with Gasteiger partial charge in [0.15, 0.2) is 0 Å². The summed E-state index contributed by atoms with van der Waals surface area (Å²) in [5.74, 6) is 1.54. The maximum atomic E-state index is 4.64. The highest BCUT2D eigenvalue weighted by Crippen LogP contribution is 2.17. The number of aliphatic imine (C=N–C) groups is 1. The van der Waals surface area contributed by atoms with E-state index in [4.69, 9.17) is 0 Å². The van der Waals surface area contributed by atoms with Crippen molar-refractivity contribution in [1.82, 2.24) is 4.90 Å². The van der Waals surface area contributed by atoms with Crippen LogP contribution in [0.2, 0.25) is 0 Å². The minimum absolute atomic E-state index is 0.359. The van der Waals surface area contributed by atoms with Crippen LogP contribution in [0.15, 0.2) is 59.8 Å². The summed E-state index contributed by atoms with van der Waals surface area (Å²) in [6, 6.07) is 10.6. The number of allylic oxidation sites excluding steroid dienone is 2. The molecule has 2 heteroatoms. The van der Waals surface area contributed by atoms with Gasteiger partial charge in [-0.15, -0.1) is 0 Å². The standard InChI is InChI=1S/C17H22N2/c1-3-19(4-2)17-16(12-8-9-13-18-17)14-15-10-6-5-7-11-15/h5-13,16H,3-4,14H2,1-2H3. The molecule has 1 aromatic carbocycles. The van der Waals surface area contributed by atoms with Crippen LogP contribution in [-0.2, 0) is 6.42 Å². The third kappa shape index (κ3) is 3.57. The Morgan fingerprint density at radius 3 is 2.47 bits per heavy atom. The third-order valence-electron chi connectivity index (χ3n) is 3.46. The molecule has 1 atom stereocenters. The summed E-state index contributed by atoms with van der Waals surface area (Å²) in [6.45, 7) is 6.37. The Hall–Kier alpha value is -1.83. The molecule has 1 aliphatic heterocycles. The van der Waals surface area contributed by atoms with E-state index >= 15 is 0 Å². The van der Waals surface area contributed by atoms with Crippen LogP contribution in [0.25, 0.3) is 0 Å².